The van der Waals surface area contributed by atoms with Crippen molar-refractivity contribution in [1.82, 2.24) is 0 Å². The van der Waals surface area contributed by atoms with Crippen LogP contribution in [0.5, 0.6) is 0 Å². The third-order valence-electron chi connectivity index (χ3n) is 5.40. The van der Waals surface area contributed by atoms with Gasteiger partial charge < -0.3 is 0 Å². The average molecular weight is 350 g/mol. The van der Waals surface area contributed by atoms with Crippen LogP contribution in [0.3, 0.4) is 0 Å². The number of hydrogen-bond acceptors (Lipinski definition) is 6. The summed E-state index contributed by atoms with van der Waals surface area (Å²) >= 11 is 3.09. The van der Waals surface area contributed by atoms with E-state index in [1.807, 2.05) is 44.2 Å². The second-order valence-corrected chi connectivity index (χ2v) is 9.48. The van der Waals surface area contributed by atoms with Crippen LogP contribution in [0.25, 0.3) is 0 Å². The first kappa shape index (κ1) is 16.7. The number of thioether (sulfide) groups is 2. The van der Waals surface area contributed by atoms with Crippen LogP contribution in [0.15, 0.2) is 30.3 Å². The quantitative estimate of drug-likeness (QED) is 0.764. The number of benzene rings is 1. The molecule has 2 aliphatic rings. The maximum Gasteiger partial charge on any atom is 0.203 e. The summed E-state index contributed by atoms with van der Waals surface area (Å²) in [5.41, 5.74) is -3.44. The monoisotopic (exact) mass is 350 g/mol. The van der Waals surface area contributed by atoms with E-state index in [0.717, 1.165) is 5.56 Å². The Morgan fingerprint density at radius 1 is 0.917 bits per heavy atom. The van der Waals surface area contributed by atoms with E-state index in [1.54, 1.807) is 11.8 Å². The number of nitrogens with zero attached hydrogens (tertiary/aromatic N) is 4. The summed E-state index contributed by atoms with van der Waals surface area (Å²) in [6.45, 7) is 3.67. The summed E-state index contributed by atoms with van der Waals surface area (Å²) in [4.78, 5) is 0. The van der Waals surface area contributed by atoms with E-state index < -0.39 is 20.3 Å². The van der Waals surface area contributed by atoms with Crippen molar-refractivity contribution >= 4 is 23.5 Å². The van der Waals surface area contributed by atoms with Gasteiger partial charge in [0.05, 0.1) is 24.3 Å². The third-order valence-corrected chi connectivity index (χ3v) is 9.61. The van der Waals surface area contributed by atoms with Crippen molar-refractivity contribution < 1.29 is 0 Å². The predicted molar refractivity (Wildman–Crippen MR) is 93.1 cm³/mol. The molecule has 0 radical (unpaired) electrons. The molecule has 2 saturated heterocycles. The van der Waals surface area contributed by atoms with Gasteiger partial charge in [0.15, 0.2) is 5.41 Å². The van der Waals surface area contributed by atoms with Crippen molar-refractivity contribution in [3.63, 3.8) is 0 Å². The van der Waals surface area contributed by atoms with Crippen LogP contribution in [0, 0.1) is 61.6 Å². The smallest absolute Gasteiger partial charge is 0.196 e. The largest absolute Gasteiger partial charge is 0.203 e. The van der Waals surface area contributed by atoms with Gasteiger partial charge in [-0.25, -0.2) is 0 Å². The van der Waals surface area contributed by atoms with Crippen LogP contribution in [-0.2, 0) is 4.08 Å². The molecule has 1 aromatic carbocycles. The van der Waals surface area contributed by atoms with Crippen LogP contribution >= 0.6 is 23.5 Å². The van der Waals surface area contributed by atoms with E-state index in [2.05, 4.69) is 24.3 Å². The highest BCUT2D eigenvalue weighted by Gasteiger charge is 2.80. The Bertz CT molecular complexity index is 822. The molecule has 2 bridgehead atoms. The average Bonchev–Trinajstić information content (AvgIpc) is 3.05. The van der Waals surface area contributed by atoms with Gasteiger partial charge in [-0.3, -0.25) is 0 Å². The lowest BCUT2D eigenvalue weighted by molar-refractivity contribution is 0.0902. The molecule has 4 nitrogen and oxygen atoms in total. The molecule has 2 atom stereocenters. The van der Waals surface area contributed by atoms with Crippen molar-refractivity contribution in [3.8, 4) is 24.3 Å². The van der Waals surface area contributed by atoms with Gasteiger partial charge in [-0.05, 0) is 5.56 Å². The molecule has 2 aliphatic heterocycles. The molecule has 0 spiro atoms. The molecule has 1 aromatic rings. The zero-order valence-electron chi connectivity index (χ0n) is 13.3. The molecule has 0 aromatic heterocycles. The summed E-state index contributed by atoms with van der Waals surface area (Å²) in [6, 6.07) is 17.8. The number of hydrogen-bond donors (Lipinski definition) is 0. The maximum absolute atomic E-state index is 10.1. The second-order valence-electron chi connectivity index (χ2n) is 6.57. The third kappa shape index (κ3) is 1.54. The number of rotatable bonds is 1. The first-order chi connectivity index (χ1) is 11.4. The minimum absolute atomic E-state index is 0.0110. The minimum atomic E-state index is -1.77. The lowest BCUT2D eigenvalue weighted by atomic mass is 9.50. The second kappa shape index (κ2) is 5.19. The minimum Gasteiger partial charge on any atom is -0.196 e. The number of fused-ring (bicyclic) bond motifs is 2. The fraction of sp³-hybridized carbons (Fsp3) is 0.444. The summed E-state index contributed by atoms with van der Waals surface area (Å²) < 4.78 is -0.941. The molecule has 0 amide bonds. The zero-order valence-corrected chi connectivity index (χ0v) is 14.9. The molecule has 0 N–H and O–H groups in total. The maximum atomic E-state index is 10.1. The van der Waals surface area contributed by atoms with Gasteiger partial charge >= 0.3 is 0 Å². The molecule has 0 aliphatic carbocycles. The van der Waals surface area contributed by atoms with E-state index in [4.69, 9.17) is 0 Å². The van der Waals surface area contributed by atoms with Crippen LogP contribution in [-0.4, -0.2) is 11.0 Å². The van der Waals surface area contributed by atoms with Gasteiger partial charge in [0.1, 0.15) is 4.08 Å². The highest BCUT2D eigenvalue weighted by atomic mass is 32.2. The summed E-state index contributed by atoms with van der Waals surface area (Å²) in [5.74, 6) is 0.697. The fourth-order valence-electron chi connectivity index (χ4n) is 3.83. The molecule has 2 fully saturated rings. The highest BCUT2D eigenvalue weighted by Crippen LogP contribution is 2.78. The highest BCUT2D eigenvalue weighted by molar-refractivity contribution is 8.21. The zero-order chi connectivity index (χ0) is 17.6. The van der Waals surface area contributed by atoms with Crippen LogP contribution in [0.2, 0.25) is 0 Å². The predicted octanol–water partition coefficient (Wildman–Crippen LogP) is 3.79. The first-order valence-electron chi connectivity index (χ1n) is 7.43. The Kier molecular flexibility index (Phi) is 3.62. The topological polar surface area (TPSA) is 95.2 Å². The fourth-order valence-corrected chi connectivity index (χ4v) is 8.26. The van der Waals surface area contributed by atoms with Gasteiger partial charge in [0.2, 0.25) is 5.41 Å². The Morgan fingerprint density at radius 2 is 1.46 bits per heavy atom. The Hall–Kier alpha value is -2.12. The van der Waals surface area contributed by atoms with E-state index in [9.17, 15) is 21.0 Å². The first-order valence-corrected chi connectivity index (χ1v) is 9.30. The molecule has 24 heavy (non-hydrogen) atoms. The number of nitriles is 4. The molecule has 0 saturated carbocycles. The van der Waals surface area contributed by atoms with E-state index in [0.29, 0.717) is 5.75 Å². The van der Waals surface area contributed by atoms with Gasteiger partial charge in [-0.2, -0.15) is 21.0 Å². The molecular formula is C18H14N4S2. The van der Waals surface area contributed by atoms with Crippen molar-refractivity contribution in [2.45, 2.75) is 23.2 Å². The molecular weight excluding hydrogens is 336 g/mol. The van der Waals surface area contributed by atoms with Crippen molar-refractivity contribution in [3.05, 3.63) is 35.9 Å². The summed E-state index contributed by atoms with van der Waals surface area (Å²) in [6.07, 6.45) is 0. The van der Waals surface area contributed by atoms with E-state index >= 15 is 0 Å². The molecule has 6 heteroatoms. The van der Waals surface area contributed by atoms with Gasteiger partial charge in [0.25, 0.3) is 0 Å². The summed E-state index contributed by atoms with van der Waals surface area (Å²) in [7, 11) is 0. The lowest BCUT2D eigenvalue weighted by Gasteiger charge is -2.55. The summed E-state index contributed by atoms with van der Waals surface area (Å²) in [5, 5.41) is 40.3. The van der Waals surface area contributed by atoms with Crippen molar-refractivity contribution in [1.29, 1.82) is 21.0 Å². The van der Waals surface area contributed by atoms with Crippen LogP contribution in [0.1, 0.15) is 19.4 Å². The standard InChI is InChI=1S/C18H14N4S2/c1-15(2)14-8-23-18(24-14,13-6-4-3-5-7-13)17(11-21,12-22)16(15,9-19)10-20/h3-7,14H,8H2,1-2H3. The molecule has 3 rings (SSSR count). The Balaban J connectivity index is 2.44. The SMILES string of the molecule is CC1(C)C2CSC(c3ccccc3)(S2)C(C#N)(C#N)C1(C#N)C#N. The van der Waals surface area contributed by atoms with Crippen LogP contribution in [0.4, 0.5) is 0 Å². The molecule has 2 unspecified atom stereocenters. The lowest BCUT2D eigenvalue weighted by Crippen LogP contribution is -2.61. The van der Waals surface area contributed by atoms with Crippen molar-refractivity contribution in [2.24, 2.45) is 16.2 Å². The Morgan fingerprint density at radius 3 is 1.96 bits per heavy atom. The van der Waals surface area contributed by atoms with Crippen molar-refractivity contribution in [2.75, 3.05) is 5.75 Å². The molecule has 118 valence electrons. The van der Waals surface area contributed by atoms with Crippen LogP contribution < -0.4 is 0 Å². The van der Waals surface area contributed by atoms with Gasteiger partial charge in [0, 0.05) is 16.4 Å². The van der Waals surface area contributed by atoms with Gasteiger partial charge in [-0.15, -0.1) is 23.5 Å². The van der Waals surface area contributed by atoms with E-state index in [1.165, 1.54) is 11.8 Å². The molecule has 2 heterocycles. The van der Waals surface area contributed by atoms with E-state index in [-0.39, 0.29) is 5.25 Å². The Labute approximate surface area is 150 Å². The normalized spacial score (nSPS) is 31.0. The van der Waals surface area contributed by atoms with Gasteiger partial charge in [-0.1, -0.05) is 44.2 Å².